The number of esters is 1. The van der Waals surface area contributed by atoms with Crippen LogP contribution in [-0.2, 0) is 9.53 Å². The molecule has 34 heavy (non-hydrogen) atoms. The Labute approximate surface area is 203 Å². The van der Waals surface area contributed by atoms with Gasteiger partial charge in [0.1, 0.15) is 0 Å². The third kappa shape index (κ3) is 5.08. The summed E-state index contributed by atoms with van der Waals surface area (Å²) in [5, 5.41) is 6.07. The average Bonchev–Trinajstić information content (AvgIpc) is 2.84. The van der Waals surface area contributed by atoms with Crippen molar-refractivity contribution >= 4 is 35.1 Å². The molecule has 0 unspecified atom stereocenters. The highest BCUT2D eigenvalue weighted by atomic mass is 35.5. The van der Waals surface area contributed by atoms with Crippen LogP contribution in [0.15, 0.2) is 59.8 Å². The van der Waals surface area contributed by atoms with E-state index in [4.69, 9.17) is 16.3 Å². The van der Waals surface area contributed by atoms with Gasteiger partial charge in [0, 0.05) is 54.7 Å². The molecule has 0 spiro atoms. The van der Waals surface area contributed by atoms with Gasteiger partial charge in [-0.3, -0.25) is 9.69 Å². The summed E-state index contributed by atoms with van der Waals surface area (Å²) in [5.74, 6) is -0.471. The predicted octanol–water partition coefficient (Wildman–Crippen LogP) is 3.15. The second-order valence-electron chi connectivity index (χ2n) is 8.30. The monoisotopic (exact) mass is 482 g/mol. The minimum atomic E-state index is -0.703. The molecule has 0 radical (unpaired) electrons. The van der Waals surface area contributed by atoms with Crippen molar-refractivity contribution in [2.45, 2.75) is 13.0 Å². The number of ether oxygens (including phenoxy) is 1. The Bertz CT molecular complexity index is 1120. The number of ketones is 1. The molecule has 2 amide bonds. The topological polar surface area (TPSA) is 91.0 Å². The summed E-state index contributed by atoms with van der Waals surface area (Å²) in [5.41, 5.74) is 3.25. The Morgan fingerprint density at radius 3 is 2.35 bits per heavy atom. The van der Waals surface area contributed by atoms with Gasteiger partial charge in [0.25, 0.3) is 0 Å². The van der Waals surface area contributed by atoms with Gasteiger partial charge in [0.2, 0.25) is 0 Å². The lowest BCUT2D eigenvalue weighted by atomic mass is 9.95. The predicted molar refractivity (Wildman–Crippen MR) is 130 cm³/mol. The highest BCUT2D eigenvalue weighted by Gasteiger charge is 2.35. The minimum absolute atomic E-state index is 0.0465. The van der Waals surface area contributed by atoms with Crippen LogP contribution in [0, 0.1) is 0 Å². The number of rotatable bonds is 6. The molecule has 2 aromatic rings. The molecule has 2 aromatic carbocycles. The molecule has 4 rings (SSSR count). The Hall–Kier alpha value is -3.36. The van der Waals surface area contributed by atoms with Gasteiger partial charge in [-0.1, -0.05) is 29.8 Å². The Morgan fingerprint density at radius 2 is 1.74 bits per heavy atom. The van der Waals surface area contributed by atoms with Crippen LogP contribution in [0.2, 0.25) is 5.02 Å². The molecule has 0 aromatic heterocycles. The largest absolute Gasteiger partial charge is 0.466 e. The van der Waals surface area contributed by atoms with Gasteiger partial charge in [-0.25, -0.2) is 9.59 Å². The van der Waals surface area contributed by atoms with Crippen LogP contribution in [-0.4, -0.2) is 62.5 Å². The average molecular weight is 483 g/mol. The molecule has 1 atom stereocenters. The number of halogens is 1. The maximum atomic E-state index is 12.8. The first-order valence-corrected chi connectivity index (χ1v) is 11.5. The van der Waals surface area contributed by atoms with E-state index in [1.165, 1.54) is 7.11 Å². The molecule has 0 aliphatic carbocycles. The van der Waals surface area contributed by atoms with E-state index in [2.05, 4.69) is 20.4 Å². The SMILES string of the molecule is COC(=O)C1=C(CN2CCN(c3ccc(C(C)=O)cc3)CC2)NC(=O)N[C@H]1c1ccccc1Cl. The number of nitrogens with zero attached hydrogens (tertiary/aromatic N) is 2. The summed E-state index contributed by atoms with van der Waals surface area (Å²) in [6, 6.07) is 13.6. The van der Waals surface area contributed by atoms with E-state index in [1.54, 1.807) is 25.1 Å². The summed E-state index contributed by atoms with van der Waals surface area (Å²) in [4.78, 5) is 41.2. The molecule has 1 saturated heterocycles. The lowest BCUT2D eigenvalue weighted by Crippen LogP contribution is -2.51. The first-order chi connectivity index (χ1) is 16.4. The fourth-order valence-electron chi connectivity index (χ4n) is 4.33. The smallest absolute Gasteiger partial charge is 0.338 e. The first-order valence-electron chi connectivity index (χ1n) is 11.1. The number of Topliss-reactive ketones (excluding diaryl/α,β-unsaturated/α-hetero) is 1. The Kier molecular flexibility index (Phi) is 7.19. The quantitative estimate of drug-likeness (QED) is 0.485. The van der Waals surface area contributed by atoms with Crippen molar-refractivity contribution in [2.75, 3.05) is 44.7 Å². The van der Waals surface area contributed by atoms with Gasteiger partial charge in [-0.2, -0.15) is 0 Å². The first kappa shape index (κ1) is 23.8. The maximum absolute atomic E-state index is 12.8. The number of nitrogens with one attached hydrogen (secondary N) is 2. The van der Waals surface area contributed by atoms with E-state index in [0.29, 0.717) is 34.0 Å². The van der Waals surface area contributed by atoms with Crippen molar-refractivity contribution < 1.29 is 19.1 Å². The molecule has 9 heteroatoms. The molecular formula is C25H27ClN4O4. The summed E-state index contributed by atoms with van der Waals surface area (Å²) < 4.78 is 5.06. The van der Waals surface area contributed by atoms with Gasteiger partial charge in [0.15, 0.2) is 5.78 Å². The van der Waals surface area contributed by atoms with E-state index >= 15 is 0 Å². The highest BCUT2D eigenvalue weighted by Crippen LogP contribution is 2.32. The molecule has 1 fully saturated rings. The summed E-state index contributed by atoms with van der Waals surface area (Å²) >= 11 is 6.38. The number of carbonyl (C=O) groups excluding carboxylic acids is 3. The number of methoxy groups -OCH3 is 1. The maximum Gasteiger partial charge on any atom is 0.338 e. The van der Waals surface area contributed by atoms with E-state index in [1.807, 2.05) is 30.3 Å². The number of hydrogen-bond donors (Lipinski definition) is 2. The fourth-order valence-corrected chi connectivity index (χ4v) is 4.58. The second kappa shape index (κ2) is 10.3. The molecule has 0 bridgehead atoms. The van der Waals surface area contributed by atoms with Crippen LogP contribution in [0.5, 0.6) is 0 Å². The van der Waals surface area contributed by atoms with Gasteiger partial charge in [-0.15, -0.1) is 0 Å². The number of hydrogen-bond acceptors (Lipinski definition) is 6. The highest BCUT2D eigenvalue weighted by molar-refractivity contribution is 6.31. The van der Waals surface area contributed by atoms with Crippen molar-refractivity contribution in [3.8, 4) is 0 Å². The summed E-state index contributed by atoms with van der Waals surface area (Å²) in [7, 11) is 1.32. The van der Waals surface area contributed by atoms with E-state index in [-0.39, 0.29) is 5.78 Å². The number of carbonyl (C=O) groups is 3. The van der Waals surface area contributed by atoms with Crippen LogP contribution in [0.4, 0.5) is 10.5 Å². The van der Waals surface area contributed by atoms with Crippen LogP contribution in [0.3, 0.4) is 0 Å². The summed E-state index contributed by atoms with van der Waals surface area (Å²) in [6.45, 7) is 5.00. The fraction of sp³-hybridized carbons (Fsp3) is 0.320. The third-order valence-corrected chi connectivity index (χ3v) is 6.51. The molecule has 2 aliphatic heterocycles. The number of piperazine rings is 1. The zero-order chi connectivity index (χ0) is 24.2. The van der Waals surface area contributed by atoms with Crippen LogP contribution >= 0.6 is 11.6 Å². The van der Waals surface area contributed by atoms with Crippen molar-refractivity contribution in [1.82, 2.24) is 15.5 Å². The van der Waals surface area contributed by atoms with Crippen molar-refractivity contribution in [1.29, 1.82) is 0 Å². The molecule has 2 aliphatic rings. The van der Waals surface area contributed by atoms with E-state index < -0.39 is 18.0 Å². The van der Waals surface area contributed by atoms with E-state index in [9.17, 15) is 14.4 Å². The van der Waals surface area contributed by atoms with Gasteiger partial charge >= 0.3 is 12.0 Å². The standard InChI is InChI=1S/C25H27ClN4O4/c1-16(31)17-7-9-18(10-8-17)30-13-11-29(12-14-30)15-21-22(24(32)34-2)23(28-25(33)27-21)19-5-3-4-6-20(19)26/h3-10,23H,11-15H2,1-2H3,(H2,27,28,33)/t23-/m0/s1. The minimum Gasteiger partial charge on any atom is -0.466 e. The molecule has 2 heterocycles. The number of anilines is 1. The molecule has 178 valence electrons. The molecular weight excluding hydrogens is 456 g/mol. The number of amides is 2. The Balaban J connectivity index is 1.52. The van der Waals surface area contributed by atoms with Crippen molar-refractivity contribution in [2.24, 2.45) is 0 Å². The van der Waals surface area contributed by atoms with Crippen LogP contribution < -0.4 is 15.5 Å². The second-order valence-corrected chi connectivity index (χ2v) is 8.71. The van der Waals surface area contributed by atoms with Gasteiger partial charge in [0.05, 0.1) is 18.7 Å². The van der Waals surface area contributed by atoms with Gasteiger partial charge in [-0.05, 0) is 42.8 Å². The zero-order valence-corrected chi connectivity index (χ0v) is 19.9. The van der Waals surface area contributed by atoms with E-state index in [0.717, 1.165) is 31.9 Å². The lowest BCUT2D eigenvalue weighted by Gasteiger charge is -2.38. The lowest BCUT2D eigenvalue weighted by molar-refractivity contribution is -0.136. The molecule has 0 saturated carbocycles. The van der Waals surface area contributed by atoms with Crippen molar-refractivity contribution in [3.05, 3.63) is 76.0 Å². The molecule has 8 nitrogen and oxygen atoms in total. The third-order valence-electron chi connectivity index (χ3n) is 6.17. The zero-order valence-electron chi connectivity index (χ0n) is 19.1. The van der Waals surface area contributed by atoms with Crippen LogP contribution in [0.1, 0.15) is 28.9 Å². The number of urea groups is 1. The normalized spacial score (nSPS) is 18.9. The van der Waals surface area contributed by atoms with Crippen molar-refractivity contribution in [3.63, 3.8) is 0 Å². The van der Waals surface area contributed by atoms with Gasteiger partial charge < -0.3 is 20.3 Å². The number of benzene rings is 2. The Morgan fingerprint density at radius 1 is 1.06 bits per heavy atom. The summed E-state index contributed by atoms with van der Waals surface area (Å²) in [6.07, 6.45) is 0. The van der Waals surface area contributed by atoms with Crippen LogP contribution in [0.25, 0.3) is 0 Å². The molecule has 2 N–H and O–H groups in total.